The van der Waals surface area contributed by atoms with E-state index in [9.17, 15) is 0 Å². The monoisotopic (exact) mass is 225 g/mol. The van der Waals surface area contributed by atoms with Gasteiger partial charge < -0.3 is 4.90 Å². The van der Waals surface area contributed by atoms with Gasteiger partial charge in [-0.3, -0.25) is 4.98 Å². The Balaban J connectivity index is 2.19. The standard InChI is InChI=1S/C11H16ClN3/c1-8-6-13-9(2)11(14-8)15-4-3-10(5-12)7-15/h6,10H,3-5,7H2,1-2H3. The summed E-state index contributed by atoms with van der Waals surface area (Å²) in [6.07, 6.45) is 2.98. The van der Waals surface area contributed by atoms with Gasteiger partial charge in [-0.25, -0.2) is 4.98 Å². The summed E-state index contributed by atoms with van der Waals surface area (Å²) in [6, 6.07) is 0. The molecule has 2 heterocycles. The number of halogens is 1. The Morgan fingerprint density at radius 1 is 1.53 bits per heavy atom. The van der Waals surface area contributed by atoms with Crippen molar-refractivity contribution < 1.29 is 0 Å². The summed E-state index contributed by atoms with van der Waals surface area (Å²) in [6.45, 7) is 6.06. The van der Waals surface area contributed by atoms with Crippen molar-refractivity contribution >= 4 is 17.4 Å². The van der Waals surface area contributed by atoms with E-state index in [1.807, 2.05) is 20.0 Å². The Bertz CT molecular complexity index is 354. The summed E-state index contributed by atoms with van der Waals surface area (Å²) in [5.74, 6) is 2.38. The van der Waals surface area contributed by atoms with Crippen molar-refractivity contribution in [3.05, 3.63) is 17.6 Å². The number of aromatic nitrogens is 2. The maximum absolute atomic E-state index is 5.87. The Labute approximate surface area is 95.5 Å². The third-order valence-corrected chi connectivity index (χ3v) is 3.29. The molecule has 3 nitrogen and oxygen atoms in total. The molecule has 1 aliphatic rings. The molecule has 4 heteroatoms. The second-order valence-corrected chi connectivity index (χ2v) is 4.48. The van der Waals surface area contributed by atoms with Crippen LogP contribution in [0, 0.1) is 19.8 Å². The maximum atomic E-state index is 5.87. The molecule has 0 radical (unpaired) electrons. The molecule has 2 rings (SSSR count). The highest BCUT2D eigenvalue weighted by atomic mass is 35.5. The third-order valence-electron chi connectivity index (χ3n) is 2.85. The molecule has 0 saturated carbocycles. The number of aryl methyl sites for hydroxylation is 2. The zero-order chi connectivity index (χ0) is 10.8. The van der Waals surface area contributed by atoms with E-state index in [0.717, 1.165) is 36.2 Å². The lowest BCUT2D eigenvalue weighted by molar-refractivity contribution is 0.666. The normalized spacial score (nSPS) is 21.0. The Morgan fingerprint density at radius 2 is 2.33 bits per heavy atom. The minimum atomic E-state index is 0.605. The highest BCUT2D eigenvalue weighted by Crippen LogP contribution is 2.24. The van der Waals surface area contributed by atoms with E-state index in [2.05, 4.69) is 14.9 Å². The summed E-state index contributed by atoms with van der Waals surface area (Å²) in [4.78, 5) is 11.2. The summed E-state index contributed by atoms with van der Waals surface area (Å²) < 4.78 is 0. The van der Waals surface area contributed by atoms with E-state index < -0.39 is 0 Å². The van der Waals surface area contributed by atoms with Crippen molar-refractivity contribution in [1.29, 1.82) is 0 Å². The van der Waals surface area contributed by atoms with Crippen LogP contribution >= 0.6 is 11.6 Å². The number of hydrogen-bond acceptors (Lipinski definition) is 3. The SMILES string of the molecule is Cc1cnc(C)c(N2CCC(CCl)C2)n1. The van der Waals surface area contributed by atoms with Crippen molar-refractivity contribution in [2.24, 2.45) is 5.92 Å². The molecule has 0 bridgehead atoms. The van der Waals surface area contributed by atoms with Crippen LogP contribution < -0.4 is 4.90 Å². The van der Waals surface area contributed by atoms with Crippen LogP contribution in [0.4, 0.5) is 5.82 Å². The largest absolute Gasteiger partial charge is 0.355 e. The number of nitrogens with zero attached hydrogens (tertiary/aromatic N) is 3. The molecule has 82 valence electrons. The predicted octanol–water partition coefficient (Wildman–Crippen LogP) is 2.16. The van der Waals surface area contributed by atoms with Gasteiger partial charge in [-0.15, -0.1) is 11.6 Å². The fraction of sp³-hybridized carbons (Fsp3) is 0.636. The second kappa shape index (κ2) is 4.35. The van der Waals surface area contributed by atoms with Gasteiger partial charge in [0.2, 0.25) is 0 Å². The van der Waals surface area contributed by atoms with Crippen LogP contribution in [0.25, 0.3) is 0 Å². The van der Waals surface area contributed by atoms with Crippen molar-refractivity contribution in [3.8, 4) is 0 Å². The van der Waals surface area contributed by atoms with Crippen LogP contribution in [0.1, 0.15) is 17.8 Å². The van der Waals surface area contributed by atoms with E-state index in [0.29, 0.717) is 5.92 Å². The Kier molecular flexibility index (Phi) is 3.10. The van der Waals surface area contributed by atoms with Gasteiger partial charge in [0.05, 0.1) is 11.4 Å². The zero-order valence-electron chi connectivity index (χ0n) is 9.20. The molecule has 0 aromatic carbocycles. The fourth-order valence-corrected chi connectivity index (χ4v) is 2.23. The van der Waals surface area contributed by atoms with Crippen molar-refractivity contribution in [2.75, 3.05) is 23.9 Å². The molecule has 0 spiro atoms. The molecule has 1 aromatic rings. The van der Waals surface area contributed by atoms with E-state index in [-0.39, 0.29) is 0 Å². The number of anilines is 1. The first kappa shape index (κ1) is 10.7. The van der Waals surface area contributed by atoms with E-state index in [1.54, 1.807) is 0 Å². The molecular formula is C11H16ClN3. The van der Waals surface area contributed by atoms with Crippen LogP contribution in [-0.2, 0) is 0 Å². The first-order valence-electron chi connectivity index (χ1n) is 5.32. The lowest BCUT2D eigenvalue weighted by Gasteiger charge is -2.19. The Hall–Kier alpha value is -0.830. The minimum absolute atomic E-state index is 0.605. The van der Waals surface area contributed by atoms with Crippen LogP contribution in [0.15, 0.2) is 6.20 Å². The lowest BCUT2D eigenvalue weighted by Crippen LogP contribution is -2.22. The first-order valence-corrected chi connectivity index (χ1v) is 5.85. The van der Waals surface area contributed by atoms with Crippen LogP contribution in [0.5, 0.6) is 0 Å². The highest BCUT2D eigenvalue weighted by molar-refractivity contribution is 6.18. The molecular weight excluding hydrogens is 210 g/mol. The van der Waals surface area contributed by atoms with Gasteiger partial charge in [-0.05, 0) is 26.2 Å². The molecule has 0 amide bonds. The van der Waals surface area contributed by atoms with Crippen molar-refractivity contribution in [2.45, 2.75) is 20.3 Å². The van der Waals surface area contributed by atoms with Gasteiger partial charge in [-0.2, -0.15) is 0 Å². The van der Waals surface area contributed by atoms with Crippen LogP contribution in [0.2, 0.25) is 0 Å². The van der Waals surface area contributed by atoms with Crippen molar-refractivity contribution in [3.63, 3.8) is 0 Å². The molecule has 1 aromatic heterocycles. The smallest absolute Gasteiger partial charge is 0.150 e. The summed E-state index contributed by atoms with van der Waals surface area (Å²) in [7, 11) is 0. The number of alkyl halides is 1. The molecule has 1 atom stereocenters. The number of rotatable bonds is 2. The van der Waals surface area contributed by atoms with Crippen LogP contribution in [0.3, 0.4) is 0 Å². The van der Waals surface area contributed by atoms with E-state index in [4.69, 9.17) is 11.6 Å². The molecule has 15 heavy (non-hydrogen) atoms. The van der Waals surface area contributed by atoms with Gasteiger partial charge in [0.1, 0.15) is 5.82 Å². The lowest BCUT2D eigenvalue weighted by atomic mass is 10.2. The minimum Gasteiger partial charge on any atom is -0.355 e. The predicted molar refractivity (Wildman–Crippen MR) is 62.5 cm³/mol. The van der Waals surface area contributed by atoms with Gasteiger partial charge in [-0.1, -0.05) is 0 Å². The van der Waals surface area contributed by atoms with E-state index >= 15 is 0 Å². The quantitative estimate of drug-likeness (QED) is 0.723. The van der Waals surface area contributed by atoms with Crippen molar-refractivity contribution in [1.82, 2.24) is 9.97 Å². The maximum Gasteiger partial charge on any atom is 0.150 e. The molecule has 1 saturated heterocycles. The number of hydrogen-bond donors (Lipinski definition) is 0. The average Bonchev–Trinajstić information content (AvgIpc) is 2.70. The second-order valence-electron chi connectivity index (χ2n) is 4.18. The summed E-state index contributed by atoms with van der Waals surface area (Å²) >= 11 is 5.87. The molecule has 1 aliphatic heterocycles. The molecule has 0 aliphatic carbocycles. The average molecular weight is 226 g/mol. The molecule has 1 fully saturated rings. The zero-order valence-corrected chi connectivity index (χ0v) is 9.96. The first-order chi connectivity index (χ1) is 7.20. The molecule has 1 unspecified atom stereocenters. The van der Waals surface area contributed by atoms with Crippen LogP contribution in [-0.4, -0.2) is 28.9 Å². The van der Waals surface area contributed by atoms with Gasteiger partial charge >= 0.3 is 0 Å². The van der Waals surface area contributed by atoms with E-state index in [1.165, 1.54) is 6.42 Å². The van der Waals surface area contributed by atoms with Gasteiger partial charge in [0.15, 0.2) is 0 Å². The topological polar surface area (TPSA) is 29.0 Å². The summed E-state index contributed by atoms with van der Waals surface area (Å²) in [5, 5.41) is 0. The van der Waals surface area contributed by atoms with Gasteiger partial charge in [0, 0.05) is 25.2 Å². The molecule has 0 N–H and O–H groups in total. The summed E-state index contributed by atoms with van der Waals surface area (Å²) in [5.41, 5.74) is 1.99. The Morgan fingerprint density at radius 3 is 3.00 bits per heavy atom. The third kappa shape index (κ3) is 2.23. The fourth-order valence-electron chi connectivity index (χ4n) is 1.98. The highest BCUT2D eigenvalue weighted by Gasteiger charge is 2.24. The van der Waals surface area contributed by atoms with Gasteiger partial charge in [0.25, 0.3) is 0 Å².